The quantitative estimate of drug-likeness (QED) is 0.716. The molecular formula is C10H12N4O. The predicted molar refractivity (Wildman–Crippen MR) is 58.4 cm³/mol. The molecule has 0 aromatic carbocycles. The predicted octanol–water partition coefficient (Wildman–Crippen LogP) is 0.666. The lowest BCUT2D eigenvalue weighted by molar-refractivity contribution is 0.731. The number of nitrogens with zero attached hydrogens (tertiary/aromatic N) is 2. The number of aryl methyl sites for hydroxylation is 2. The SMILES string of the molecule is Cc1[nH]n(C)c(=O)c1-c1cnccc1N. The molecule has 0 unspecified atom stereocenters. The van der Waals surface area contributed by atoms with Gasteiger partial charge in [-0.05, 0) is 13.0 Å². The van der Waals surface area contributed by atoms with Crippen molar-refractivity contribution in [2.75, 3.05) is 5.73 Å². The lowest BCUT2D eigenvalue weighted by Crippen LogP contribution is -2.13. The largest absolute Gasteiger partial charge is 0.398 e. The standard InChI is InChI=1S/C10H12N4O/c1-6-9(10(15)14(2)13-6)7-5-12-4-3-8(7)11/h3-5,13H,1-2H3,(H2,11,12). The van der Waals surface area contributed by atoms with Crippen molar-refractivity contribution in [3.8, 4) is 11.1 Å². The van der Waals surface area contributed by atoms with Crippen LogP contribution in [0, 0.1) is 6.92 Å². The summed E-state index contributed by atoms with van der Waals surface area (Å²) >= 11 is 0. The molecule has 2 aromatic rings. The van der Waals surface area contributed by atoms with E-state index in [-0.39, 0.29) is 5.56 Å². The first-order valence-electron chi connectivity index (χ1n) is 4.56. The van der Waals surface area contributed by atoms with Crippen LogP contribution in [0.3, 0.4) is 0 Å². The Balaban J connectivity index is 2.75. The topological polar surface area (TPSA) is 76.7 Å². The van der Waals surface area contributed by atoms with Gasteiger partial charge in [-0.3, -0.25) is 19.6 Å². The minimum Gasteiger partial charge on any atom is -0.398 e. The van der Waals surface area contributed by atoms with E-state index in [0.29, 0.717) is 16.8 Å². The average molecular weight is 204 g/mol. The van der Waals surface area contributed by atoms with Crippen LogP contribution in [0.2, 0.25) is 0 Å². The van der Waals surface area contributed by atoms with E-state index in [9.17, 15) is 4.79 Å². The van der Waals surface area contributed by atoms with Gasteiger partial charge in [-0.2, -0.15) is 0 Å². The van der Waals surface area contributed by atoms with Crippen LogP contribution in [0.15, 0.2) is 23.3 Å². The summed E-state index contributed by atoms with van der Waals surface area (Å²) in [4.78, 5) is 15.8. The number of aromatic nitrogens is 3. The number of pyridine rings is 1. The van der Waals surface area contributed by atoms with Gasteiger partial charge in [-0.15, -0.1) is 0 Å². The first-order chi connectivity index (χ1) is 7.11. The van der Waals surface area contributed by atoms with Crippen LogP contribution >= 0.6 is 0 Å². The van der Waals surface area contributed by atoms with Gasteiger partial charge in [0.25, 0.3) is 5.56 Å². The molecule has 0 fully saturated rings. The van der Waals surface area contributed by atoms with E-state index in [4.69, 9.17) is 5.73 Å². The van der Waals surface area contributed by atoms with Gasteiger partial charge in [0.05, 0.1) is 5.56 Å². The second-order valence-corrected chi connectivity index (χ2v) is 3.44. The van der Waals surface area contributed by atoms with Gasteiger partial charge in [0, 0.05) is 36.4 Å². The smallest absolute Gasteiger partial charge is 0.274 e. The maximum Gasteiger partial charge on any atom is 0.274 e. The van der Waals surface area contributed by atoms with Crippen LogP contribution < -0.4 is 11.3 Å². The van der Waals surface area contributed by atoms with E-state index in [2.05, 4.69) is 10.1 Å². The number of hydrogen-bond acceptors (Lipinski definition) is 3. The summed E-state index contributed by atoms with van der Waals surface area (Å²) in [6.07, 6.45) is 3.21. The number of H-pyrrole nitrogens is 1. The number of rotatable bonds is 1. The average Bonchev–Trinajstić information content (AvgIpc) is 2.43. The second kappa shape index (κ2) is 3.27. The molecule has 5 heteroatoms. The zero-order valence-electron chi connectivity index (χ0n) is 8.61. The lowest BCUT2D eigenvalue weighted by atomic mass is 10.1. The molecular weight excluding hydrogens is 192 g/mol. The van der Waals surface area contributed by atoms with Crippen molar-refractivity contribution in [2.24, 2.45) is 7.05 Å². The molecule has 0 aliphatic rings. The molecule has 0 bridgehead atoms. The van der Waals surface area contributed by atoms with Gasteiger partial charge in [0.15, 0.2) is 0 Å². The minimum absolute atomic E-state index is 0.0906. The molecule has 2 rings (SSSR count). The Kier molecular flexibility index (Phi) is 2.07. The van der Waals surface area contributed by atoms with Crippen molar-refractivity contribution in [1.29, 1.82) is 0 Å². The molecule has 0 aliphatic heterocycles. The Labute approximate surface area is 86.5 Å². The molecule has 0 aliphatic carbocycles. The van der Waals surface area contributed by atoms with Crippen LogP contribution in [-0.4, -0.2) is 14.8 Å². The first kappa shape index (κ1) is 9.51. The third-order valence-corrected chi connectivity index (χ3v) is 2.35. The number of anilines is 1. The van der Waals surface area contributed by atoms with Crippen molar-refractivity contribution in [3.05, 3.63) is 34.5 Å². The van der Waals surface area contributed by atoms with E-state index in [1.165, 1.54) is 4.68 Å². The van der Waals surface area contributed by atoms with Crippen molar-refractivity contribution >= 4 is 5.69 Å². The Morgan fingerprint density at radius 2 is 2.27 bits per heavy atom. The van der Waals surface area contributed by atoms with Crippen LogP contribution in [-0.2, 0) is 7.05 Å². The third-order valence-electron chi connectivity index (χ3n) is 2.35. The number of nitrogen functional groups attached to an aromatic ring is 1. The van der Waals surface area contributed by atoms with Crippen molar-refractivity contribution in [1.82, 2.24) is 14.8 Å². The van der Waals surface area contributed by atoms with Crippen LogP contribution in [0.1, 0.15) is 5.69 Å². The second-order valence-electron chi connectivity index (χ2n) is 3.44. The summed E-state index contributed by atoms with van der Waals surface area (Å²) in [5, 5.41) is 2.92. The molecule has 0 amide bonds. The highest BCUT2D eigenvalue weighted by atomic mass is 16.1. The summed E-state index contributed by atoms with van der Waals surface area (Å²) in [7, 11) is 1.67. The maximum atomic E-state index is 11.8. The fourth-order valence-electron chi connectivity index (χ4n) is 1.62. The van der Waals surface area contributed by atoms with Gasteiger partial charge >= 0.3 is 0 Å². The molecule has 0 radical (unpaired) electrons. The molecule has 0 atom stereocenters. The lowest BCUT2D eigenvalue weighted by Gasteiger charge is -2.01. The Bertz CT molecular complexity index is 553. The van der Waals surface area contributed by atoms with Crippen molar-refractivity contribution < 1.29 is 0 Å². The molecule has 2 aromatic heterocycles. The van der Waals surface area contributed by atoms with E-state index in [0.717, 1.165) is 5.69 Å². The highest BCUT2D eigenvalue weighted by Gasteiger charge is 2.13. The summed E-state index contributed by atoms with van der Waals surface area (Å²) < 4.78 is 1.43. The highest BCUT2D eigenvalue weighted by Crippen LogP contribution is 2.23. The first-order valence-corrected chi connectivity index (χ1v) is 4.56. The summed E-state index contributed by atoms with van der Waals surface area (Å²) in [6, 6.07) is 1.68. The van der Waals surface area contributed by atoms with Crippen molar-refractivity contribution in [2.45, 2.75) is 6.92 Å². The molecule has 3 N–H and O–H groups in total. The third kappa shape index (κ3) is 1.41. The number of nitrogens with two attached hydrogens (primary N) is 1. The van der Waals surface area contributed by atoms with Crippen LogP contribution in [0.4, 0.5) is 5.69 Å². The maximum absolute atomic E-state index is 11.8. The molecule has 15 heavy (non-hydrogen) atoms. The Morgan fingerprint density at radius 3 is 2.80 bits per heavy atom. The molecule has 78 valence electrons. The van der Waals surface area contributed by atoms with E-state index >= 15 is 0 Å². The van der Waals surface area contributed by atoms with Gasteiger partial charge in [-0.1, -0.05) is 0 Å². The minimum atomic E-state index is -0.0906. The van der Waals surface area contributed by atoms with Gasteiger partial charge in [0.1, 0.15) is 0 Å². The monoisotopic (exact) mass is 204 g/mol. The fourth-order valence-corrected chi connectivity index (χ4v) is 1.62. The Morgan fingerprint density at radius 1 is 1.53 bits per heavy atom. The normalized spacial score (nSPS) is 10.5. The molecule has 0 saturated heterocycles. The Hall–Kier alpha value is -2.04. The number of hydrogen-bond donors (Lipinski definition) is 2. The van der Waals surface area contributed by atoms with Gasteiger partial charge < -0.3 is 5.73 Å². The summed E-state index contributed by atoms with van der Waals surface area (Å²) in [5.41, 5.74) is 8.32. The molecule has 5 nitrogen and oxygen atoms in total. The highest BCUT2D eigenvalue weighted by molar-refractivity contribution is 5.76. The van der Waals surface area contributed by atoms with Crippen molar-refractivity contribution in [3.63, 3.8) is 0 Å². The number of aromatic amines is 1. The molecule has 2 heterocycles. The zero-order valence-corrected chi connectivity index (χ0v) is 8.61. The molecule has 0 spiro atoms. The van der Waals surface area contributed by atoms with E-state index in [1.807, 2.05) is 6.92 Å². The van der Waals surface area contributed by atoms with E-state index < -0.39 is 0 Å². The molecule has 0 saturated carbocycles. The zero-order chi connectivity index (χ0) is 11.0. The van der Waals surface area contributed by atoms with Crippen LogP contribution in [0.25, 0.3) is 11.1 Å². The summed E-state index contributed by atoms with van der Waals surface area (Å²) in [5.74, 6) is 0. The fraction of sp³-hybridized carbons (Fsp3) is 0.200. The van der Waals surface area contributed by atoms with Crippen LogP contribution in [0.5, 0.6) is 0 Å². The number of nitrogens with one attached hydrogen (secondary N) is 1. The van der Waals surface area contributed by atoms with Gasteiger partial charge in [-0.25, -0.2) is 0 Å². The summed E-state index contributed by atoms with van der Waals surface area (Å²) in [6.45, 7) is 1.84. The van der Waals surface area contributed by atoms with Gasteiger partial charge in [0.2, 0.25) is 0 Å². The van der Waals surface area contributed by atoms with E-state index in [1.54, 1.807) is 25.5 Å².